The van der Waals surface area contributed by atoms with Gasteiger partial charge in [-0.05, 0) is 44.2 Å². The van der Waals surface area contributed by atoms with Crippen LogP contribution >= 0.6 is 0 Å². The fraction of sp³-hybridized carbons (Fsp3) is 0.526. The molecule has 0 bridgehead atoms. The molecule has 0 radical (unpaired) electrons. The summed E-state index contributed by atoms with van der Waals surface area (Å²) in [4.78, 5) is 38.0. The molecule has 1 atom stereocenters. The van der Waals surface area contributed by atoms with Gasteiger partial charge in [0.2, 0.25) is 11.8 Å². The summed E-state index contributed by atoms with van der Waals surface area (Å²) in [5.74, 6) is -0.782. The third kappa shape index (κ3) is 3.07. The number of amides is 3. The highest BCUT2D eigenvalue weighted by Crippen LogP contribution is 2.33. The molecule has 2 fully saturated rings. The van der Waals surface area contributed by atoms with E-state index in [2.05, 4.69) is 10.6 Å². The van der Waals surface area contributed by atoms with E-state index in [1.54, 1.807) is 4.90 Å². The van der Waals surface area contributed by atoms with Gasteiger partial charge in [0.25, 0.3) is 5.91 Å². The standard InChI is InChI=1S/C19H24N4O3/c20-11-4-6-12(7-5-11)21-15-3-1-2-13-14(15)10-23(19(13)26)16-8-9-17(24)22-18(16)25/h1-3,11-12,16,21H,4-10,20H2,(H,22,24,25). The van der Waals surface area contributed by atoms with E-state index in [1.807, 2.05) is 18.2 Å². The summed E-state index contributed by atoms with van der Waals surface area (Å²) in [7, 11) is 0. The van der Waals surface area contributed by atoms with Crippen LogP contribution in [0.1, 0.15) is 54.4 Å². The Balaban J connectivity index is 1.52. The van der Waals surface area contributed by atoms with Crippen molar-refractivity contribution in [3.63, 3.8) is 0 Å². The van der Waals surface area contributed by atoms with E-state index in [9.17, 15) is 14.4 Å². The van der Waals surface area contributed by atoms with Crippen LogP contribution in [0.4, 0.5) is 5.69 Å². The van der Waals surface area contributed by atoms with Gasteiger partial charge >= 0.3 is 0 Å². The molecule has 138 valence electrons. The lowest BCUT2D eigenvalue weighted by Crippen LogP contribution is -2.52. The maximum Gasteiger partial charge on any atom is 0.255 e. The summed E-state index contributed by atoms with van der Waals surface area (Å²) in [5.41, 5.74) is 8.53. The van der Waals surface area contributed by atoms with E-state index in [-0.39, 0.29) is 24.1 Å². The molecule has 4 rings (SSSR count). The number of hydrogen-bond acceptors (Lipinski definition) is 5. The second-order valence-corrected chi connectivity index (χ2v) is 7.49. The number of nitrogens with zero attached hydrogens (tertiary/aromatic N) is 1. The van der Waals surface area contributed by atoms with Crippen molar-refractivity contribution in [1.82, 2.24) is 10.2 Å². The number of benzene rings is 1. The molecule has 3 amide bonds. The number of piperidine rings is 1. The fourth-order valence-corrected chi connectivity index (χ4v) is 4.20. The van der Waals surface area contributed by atoms with Gasteiger partial charge in [-0.1, -0.05) is 6.07 Å². The summed E-state index contributed by atoms with van der Waals surface area (Å²) >= 11 is 0. The van der Waals surface area contributed by atoms with Crippen LogP contribution in [0.25, 0.3) is 0 Å². The number of fused-ring (bicyclic) bond motifs is 1. The maximum absolute atomic E-state index is 12.8. The predicted molar refractivity (Wildman–Crippen MR) is 96.3 cm³/mol. The van der Waals surface area contributed by atoms with Gasteiger partial charge in [0.1, 0.15) is 6.04 Å². The third-order valence-corrected chi connectivity index (χ3v) is 5.71. The highest BCUT2D eigenvalue weighted by atomic mass is 16.2. The zero-order chi connectivity index (χ0) is 18.3. The number of anilines is 1. The first kappa shape index (κ1) is 17.0. The Kier molecular flexibility index (Phi) is 4.40. The smallest absolute Gasteiger partial charge is 0.255 e. The Bertz CT molecular complexity index is 755. The Morgan fingerprint density at radius 1 is 1.08 bits per heavy atom. The van der Waals surface area contributed by atoms with Crippen LogP contribution in [0.2, 0.25) is 0 Å². The van der Waals surface area contributed by atoms with Crippen LogP contribution in [0.15, 0.2) is 18.2 Å². The van der Waals surface area contributed by atoms with E-state index in [0.717, 1.165) is 36.9 Å². The van der Waals surface area contributed by atoms with Crippen molar-refractivity contribution in [2.24, 2.45) is 5.73 Å². The van der Waals surface area contributed by atoms with Crippen molar-refractivity contribution in [2.45, 2.75) is 63.2 Å². The number of nitrogens with one attached hydrogen (secondary N) is 2. The molecule has 1 unspecified atom stereocenters. The molecule has 3 aliphatic rings. The van der Waals surface area contributed by atoms with Crippen LogP contribution in [0.3, 0.4) is 0 Å². The molecule has 7 nitrogen and oxygen atoms in total. The van der Waals surface area contributed by atoms with Gasteiger partial charge in [0, 0.05) is 41.9 Å². The molecule has 0 aromatic heterocycles. The van der Waals surface area contributed by atoms with Gasteiger partial charge in [-0.25, -0.2) is 0 Å². The van der Waals surface area contributed by atoms with Crippen LogP contribution < -0.4 is 16.4 Å². The predicted octanol–water partition coefficient (Wildman–Crippen LogP) is 1.13. The first-order chi connectivity index (χ1) is 12.5. The van der Waals surface area contributed by atoms with E-state index >= 15 is 0 Å². The minimum atomic E-state index is -0.576. The number of rotatable bonds is 3. The van der Waals surface area contributed by atoms with Gasteiger partial charge in [-0.2, -0.15) is 0 Å². The SMILES string of the molecule is NC1CCC(Nc2cccc3c2CN(C2CCC(=O)NC2=O)C3=O)CC1. The minimum absolute atomic E-state index is 0.135. The van der Waals surface area contributed by atoms with Crippen LogP contribution in [0.5, 0.6) is 0 Å². The Labute approximate surface area is 152 Å². The Morgan fingerprint density at radius 2 is 1.85 bits per heavy atom. The van der Waals surface area contributed by atoms with Gasteiger partial charge in [-0.3, -0.25) is 19.7 Å². The molecule has 1 aromatic carbocycles. The van der Waals surface area contributed by atoms with E-state index in [1.165, 1.54) is 0 Å². The molecular weight excluding hydrogens is 332 g/mol. The van der Waals surface area contributed by atoms with Crippen molar-refractivity contribution in [1.29, 1.82) is 0 Å². The minimum Gasteiger partial charge on any atom is -0.382 e. The van der Waals surface area contributed by atoms with Crippen molar-refractivity contribution in [3.05, 3.63) is 29.3 Å². The normalized spacial score (nSPS) is 28.7. The summed E-state index contributed by atoms with van der Waals surface area (Å²) in [5, 5.41) is 5.91. The molecule has 4 N–H and O–H groups in total. The van der Waals surface area contributed by atoms with Crippen LogP contribution in [0, 0.1) is 0 Å². The molecule has 1 saturated heterocycles. The zero-order valence-corrected chi connectivity index (χ0v) is 14.7. The number of imide groups is 1. The highest BCUT2D eigenvalue weighted by Gasteiger charge is 2.40. The molecular formula is C19H24N4O3. The van der Waals surface area contributed by atoms with Crippen LogP contribution in [-0.2, 0) is 16.1 Å². The summed E-state index contributed by atoms with van der Waals surface area (Å²) in [6, 6.07) is 5.76. The molecule has 26 heavy (non-hydrogen) atoms. The third-order valence-electron chi connectivity index (χ3n) is 5.71. The lowest BCUT2D eigenvalue weighted by molar-refractivity contribution is -0.136. The van der Waals surface area contributed by atoms with Gasteiger partial charge in [-0.15, -0.1) is 0 Å². The molecule has 1 saturated carbocycles. The van der Waals surface area contributed by atoms with E-state index in [0.29, 0.717) is 30.6 Å². The second kappa shape index (κ2) is 6.72. The van der Waals surface area contributed by atoms with Crippen molar-refractivity contribution in [2.75, 3.05) is 5.32 Å². The first-order valence-electron chi connectivity index (χ1n) is 9.31. The highest BCUT2D eigenvalue weighted by molar-refractivity contribution is 6.06. The van der Waals surface area contributed by atoms with Crippen molar-refractivity contribution in [3.8, 4) is 0 Å². The Hall–Kier alpha value is -2.41. The van der Waals surface area contributed by atoms with Gasteiger partial charge < -0.3 is 16.0 Å². The summed E-state index contributed by atoms with van der Waals surface area (Å²) in [6.45, 7) is 0.399. The lowest BCUT2D eigenvalue weighted by Gasteiger charge is -2.30. The molecule has 1 aliphatic carbocycles. The molecule has 2 heterocycles. The number of carbonyl (C=O) groups is 3. The molecule has 1 aromatic rings. The first-order valence-corrected chi connectivity index (χ1v) is 9.31. The van der Waals surface area contributed by atoms with Gasteiger partial charge in [0.15, 0.2) is 0 Å². The molecule has 2 aliphatic heterocycles. The summed E-state index contributed by atoms with van der Waals surface area (Å²) in [6.07, 6.45) is 4.71. The monoisotopic (exact) mass is 356 g/mol. The van der Waals surface area contributed by atoms with Crippen molar-refractivity contribution >= 4 is 23.4 Å². The lowest BCUT2D eigenvalue weighted by atomic mass is 9.91. The number of hydrogen-bond donors (Lipinski definition) is 3. The van der Waals surface area contributed by atoms with Crippen molar-refractivity contribution < 1.29 is 14.4 Å². The topological polar surface area (TPSA) is 105 Å². The van der Waals surface area contributed by atoms with E-state index in [4.69, 9.17) is 5.73 Å². The quantitative estimate of drug-likeness (QED) is 0.704. The average molecular weight is 356 g/mol. The molecule has 0 spiro atoms. The van der Waals surface area contributed by atoms with E-state index < -0.39 is 6.04 Å². The zero-order valence-electron chi connectivity index (χ0n) is 14.7. The average Bonchev–Trinajstić information content (AvgIpc) is 2.95. The van der Waals surface area contributed by atoms with Gasteiger partial charge in [0.05, 0.1) is 0 Å². The second-order valence-electron chi connectivity index (χ2n) is 7.49. The molecule has 7 heteroatoms. The maximum atomic E-state index is 12.8. The fourth-order valence-electron chi connectivity index (χ4n) is 4.20. The number of nitrogens with two attached hydrogens (primary N) is 1. The largest absolute Gasteiger partial charge is 0.382 e. The van der Waals surface area contributed by atoms with Crippen LogP contribution in [-0.4, -0.2) is 40.7 Å². The Morgan fingerprint density at radius 3 is 2.58 bits per heavy atom. The summed E-state index contributed by atoms with van der Waals surface area (Å²) < 4.78 is 0. The number of carbonyl (C=O) groups excluding carboxylic acids is 3.